The zero-order valence-electron chi connectivity index (χ0n) is 14.1. The molecule has 7 nitrogen and oxygen atoms in total. The molecule has 1 fully saturated rings. The lowest BCUT2D eigenvalue weighted by molar-refractivity contribution is 0.0819. The summed E-state index contributed by atoms with van der Waals surface area (Å²) in [4.78, 5) is 21.2. The Morgan fingerprint density at radius 2 is 2.08 bits per heavy atom. The molecule has 1 aromatic carbocycles. The van der Waals surface area contributed by atoms with Crippen LogP contribution in [0.4, 0.5) is 0 Å². The van der Waals surface area contributed by atoms with Gasteiger partial charge in [0.2, 0.25) is 0 Å². The van der Waals surface area contributed by atoms with Gasteiger partial charge in [-0.1, -0.05) is 0 Å². The second-order valence-corrected chi connectivity index (χ2v) is 6.23. The highest BCUT2D eigenvalue weighted by molar-refractivity contribution is 5.97. The molecule has 1 aliphatic heterocycles. The van der Waals surface area contributed by atoms with E-state index in [2.05, 4.69) is 20.4 Å². The van der Waals surface area contributed by atoms with Crippen LogP contribution in [-0.2, 0) is 11.8 Å². The van der Waals surface area contributed by atoms with Gasteiger partial charge in [-0.25, -0.2) is 0 Å². The summed E-state index contributed by atoms with van der Waals surface area (Å²) in [5.74, 6) is -0.130. The molecule has 3 heterocycles. The van der Waals surface area contributed by atoms with Crippen molar-refractivity contribution in [3.05, 3.63) is 53.6 Å². The standard InChI is InChI=1S/C18H19N5O2/c1-11-13(10-21-23(11)2)17-15(5-8-25-17)22-18(24)12-3-4-14-16(9-12)20-7-6-19-14/h3-4,6-7,9-10,15,17H,5,8H2,1-2H3,(H,22,24)/t15-,17+/m0/s1. The van der Waals surface area contributed by atoms with E-state index in [1.807, 2.05) is 30.9 Å². The van der Waals surface area contributed by atoms with Gasteiger partial charge in [0, 0.05) is 42.9 Å². The lowest BCUT2D eigenvalue weighted by Crippen LogP contribution is -2.36. The molecular weight excluding hydrogens is 318 g/mol. The van der Waals surface area contributed by atoms with Gasteiger partial charge in [0.25, 0.3) is 5.91 Å². The molecule has 0 bridgehead atoms. The van der Waals surface area contributed by atoms with Gasteiger partial charge < -0.3 is 10.1 Å². The smallest absolute Gasteiger partial charge is 0.251 e. The van der Waals surface area contributed by atoms with Crippen molar-refractivity contribution in [2.75, 3.05) is 6.61 Å². The van der Waals surface area contributed by atoms with E-state index < -0.39 is 0 Å². The third-order valence-corrected chi connectivity index (χ3v) is 4.72. The predicted molar refractivity (Wildman–Crippen MR) is 92.0 cm³/mol. The molecule has 1 aliphatic rings. The lowest BCUT2D eigenvalue weighted by atomic mass is 10.0. The monoisotopic (exact) mass is 337 g/mol. The van der Waals surface area contributed by atoms with E-state index in [4.69, 9.17) is 4.74 Å². The van der Waals surface area contributed by atoms with Crippen molar-refractivity contribution >= 4 is 16.9 Å². The highest BCUT2D eigenvalue weighted by Crippen LogP contribution is 2.31. The molecule has 25 heavy (non-hydrogen) atoms. The summed E-state index contributed by atoms with van der Waals surface area (Å²) in [5.41, 5.74) is 4.12. The molecule has 3 aromatic rings. The molecule has 0 aliphatic carbocycles. The van der Waals surface area contributed by atoms with E-state index in [0.717, 1.165) is 23.2 Å². The predicted octanol–water partition coefficient (Wildman–Crippen LogP) is 1.93. The van der Waals surface area contributed by atoms with Crippen molar-refractivity contribution in [2.45, 2.75) is 25.5 Å². The Bertz CT molecular complexity index is 936. The number of aromatic nitrogens is 4. The largest absolute Gasteiger partial charge is 0.371 e. The molecule has 128 valence electrons. The number of aryl methyl sites for hydroxylation is 1. The number of ether oxygens (including phenoxy) is 1. The van der Waals surface area contributed by atoms with E-state index in [-0.39, 0.29) is 18.1 Å². The highest BCUT2D eigenvalue weighted by Gasteiger charge is 2.33. The SMILES string of the molecule is Cc1c([C@H]2OCC[C@@H]2NC(=O)c2ccc3nccnc3c2)cnn1C. The Labute approximate surface area is 145 Å². The van der Waals surface area contributed by atoms with Crippen LogP contribution in [0.1, 0.15) is 34.1 Å². The molecule has 2 aromatic heterocycles. The van der Waals surface area contributed by atoms with Gasteiger partial charge in [0.15, 0.2) is 0 Å². The zero-order valence-corrected chi connectivity index (χ0v) is 14.1. The van der Waals surface area contributed by atoms with Crippen LogP contribution in [0.2, 0.25) is 0 Å². The fraction of sp³-hybridized carbons (Fsp3) is 0.333. The second-order valence-electron chi connectivity index (χ2n) is 6.23. The van der Waals surface area contributed by atoms with E-state index in [9.17, 15) is 4.79 Å². The molecule has 0 saturated carbocycles. The summed E-state index contributed by atoms with van der Waals surface area (Å²) in [6.45, 7) is 2.62. The maximum atomic E-state index is 12.7. The molecule has 1 amide bonds. The quantitative estimate of drug-likeness (QED) is 0.790. The van der Waals surface area contributed by atoms with Gasteiger partial charge in [0.05, 0.1) is 23.3 Å². The first kappa shape index (κ1) is 15.7. The van der Waals surface area contributed by atoms with Crippen LogP contribution in [0.5, 0.6) is 0 Å². The van der Waals surface area contributed by atoms with E-state index in [0.29, 0.717) is 17.7 Å². The number of nitrogens with one attached hydrogen (secondary N) is 1. The zero-order chi connectivity index (χ0) is 17.4. The van der Waals surface area contributed by atoms with E-state index >= 15 is 0 Å². The van der Waals surface area contributed by atoms with Crippen LogP contribution < -0.4 is 5.32 Å². The Morgan fingerprint density at radius 1 is 1.28 bits per heavy atom. The third-order valence-electron chi connectivity index (χ3n) is 4.72. The number of rotatable bonds is 3. The van der Waals surface area contributed by atoms with Crippen LogP contribution in [0.3, 0.4) is 0 Å². The van der Waals surface area contributed by atoms with Crippen molar-refractivity contribution in [1.29, 1.82) is 0 Å². The molecule has 2 atom stereocenters. The van der Waals surface area contributed by atoms with Crippen LogP contribution in [0.15, 0.2) is 36.8 Å². The molecule has 7 heteroatoms. The minimum absolute atomic E-state index is 0.0760. The van der Waals surface area contributed by atoms with Crippen molar-refractivity contribution in [2.24, 2.45) is 7.05 Å². The normalized spacial score (nSPS) is 20.1. The maximum Gasteiger partial charge on any atom is 0.251 e. The van der Waals surface area contributed by atoms with Crippen LogP contribution in [0, 0.1) is 6.92 Å². The highest BCUT2D eigenvalue weighted by atomic mass is 16.5. The number of hydrogen-bond donors (Lipinski definition) is 1. The minimum Gasteiger partial charge on any atom is -0.371 e. The Balaban J connectivity index is 1.55. The topological polar surface area (TPSA) is 81.9 Å². The molecule has 0 spiro atoms. The van der Waals surface area contributed by atoms with Crippen molar-refractivity contribution in [3.63, 3.8) is 0 Å². The molecule has 0 radical (unpaired) electrons. The number of carbonyl (C=O) groups is 1. The number of nitrogens with zero attached hydrogens (tertiary/aromatic N) is 4. The first-order valence-electron chi connectivity index (χ1n) is 8.25. The van der Waals surface area contributed by atoms with E-state index in [1.165, 1.54) is 0 Å². The minimum atomic E-state index is -0.169. The lowest BCUT2D eigenvalue weighted by Gasteiger charge is -2.20. The fourth-order valence-electron chi connectivity index (χ4n) is 3.20. The Hall–Kier alpha value is -2.80. The number of hydrogen-bond acceptors (Lipinski definition) is 5. The first-order valence-corrected chi connectivity index (χ1v) is 8.25. The van der Waals surface area contributed by atoms with E-state index in [1.54, 1.807) is 24.5 Å². The molecule has 0 unspecified atom stereocenters. The second kappa shape index (κ2) is 6.25. The maximum absolute atomic E-state index is 12.7. The summed E-state index contributed by atoms with van der Waals surface area (Å²) in [7, 11) is 1.90. The average molecular weight is 337 g/mol. The fourth-order valence-corrected chi connectivity index (χ4v) is 3.20. The summed E-state index contributed by atoms with van der Waals surface area (Å²) < 4.78 is 7.68. The van der Waals surface area contributed by atoms with Gasteiger partial charge >= 0.3 is 0 Å². The first-order chi connectivity index (χ1) is 12.1. The Kier molecular flexibility index (Phi) is 3.93. The molecule has 4 rings (SSSR count). The summed E-state index contributed by atoms with van der Waals surface area (Å²) in [6.07, 6.45) is 5.68. The Morgan fingerprint density at radius 3 is 2.84 bits per heavy atom. The van der Waals surface area contributed by atoms with Crippen molar-refractivity contribution in [1.82, 2.24) is 25.1 Å². The third kappa shape index (κ3) is 2.87. The number of fused-ring (bicyclic) bond motifs is 1. The van der Waals surface area contributed by atoms with Gasteiger partial charge in [-0.15, -0.1) is 0 Å². The number of carbonyl (C=O) groups excluding carboxylic acids is 1. The van der Waals surface area contributed by atoms with Gasteiger partial charge in [-0.2, -0.15) is 5.10 Å². The summed E-state index contributed by atoms with van der Waals surface area (Å²) >= 11 is 0. The van der Waals surface area contributed by atoms with Crippen LogP contribution in [0.25, 0.3) is 11.0 Å². The summed E-state index contributed by atoms with van der Waals surface area (Å²) in [5, 5.41) is 7.37. The van der Waals surface area contributed by atoms with Gasteiger partial charge in [0.1, 0.15) is 6.10 Å². The van der Waals surface area contributed by atoms with Crippen molar-refractivity contribution in [3.8, 4) is 0 Å². The van der Waals surface area contributed by atoms with Crippen molar-refractivity contribution < 1.29 is 9.53 Å². The van der Waals surface area contributed by atoms with Crippen LogP contribution >= 0.6 is 0 Å². The summed E-state index contributed by atoms with van der Waals surface area (Å²) in [6, 6.07) is 5.27. The molecular formula is C18H19N5O2. The molecule has 1 saturated heterocycles. The van der Waals surface area contributed by atoms with Crippen LogP contribution in [-0.4, -0.2) is 38.3 Å². The van der Waals surface area contributed by atoms with Gasteiger partial charge in [-0.3, -0.25) is 19.4 Å². The number of amides is 1. The molecule has 1 N–H and O–H groups in total. The average Bonchev–Trinajstić information content (AvgIpc) is 3.21. The van der Waals surface area contributed by atoms with Gasteiger partial charge in [-0.05, 0) is 31.5 Å². The number of benzene rings is 1.